The van der Waals surface area contributed by atoms with Crippen molar-refractivity contribution in [3.05, 3.63) is 60.2 Å². The molecule has 3 amide bonds. The number of nitrogens with one attached hydrogen (secondary N) is 2. The number of benzene rings is 2. The van der Waals surface area contributed by atoms with Gasteiger partial charge in [0, 0.05) is 13.6 Å². The molecule has 0 spiro atoms. The van der Waals surface area contributed by atoms with Gasteiger partial charge in [0.25, 0.3) is 5.91 Å². The largest absolute Gasteiger partial charge is 0.335 e. The molecule has 158 valence electrons. The number of urea groups is 1. The fraction of sp³-hybridized carbons (Fsp3) is 0.273. The number of para-hydroxylation sites is 2. The molecule has 8 nitrogen and oxygen atoms in total. The molecule has 1 saturated heterocycles. The number of H-pyrrole nitrogens is 1. The third kappa shape index (κ3) is 3.76. The number of imidazole rings is 1. The van der Waals surface area contributed by atoms with Gasteiger partial charge in [0.15, 0.2) is 22.5 Å². The quantitative estimate of drug-likeness (QED) is 0.644. The summed E-state index contributed by atoms with van der Waals surface area (Å²) in [6.07, 6.45) is 1.22. The number of likely N-dealkylation sites (N-methyl/N-ethyl adjacent to an activating group) is 1. The Bertz CT molecular complexity index is 1130. The summed E-state index contributed by atoms with van der Waals surface area (Å²) in [5, 5.41) is 3.85. The number of carbonyl (C=O) groups is 2. The van der Waals surface area contributed by atoms with Crippen LogP contribution in [0.1, 0.15) is 12.0 Å². The van der Waals surface area contributed by atoms with Crippen LogP contribution in [0.25, 0.3) is 11.0 Å². The Balaban J connectivity index is 1.39. The Morgan fingerprint density at radius 2 is 1.84 bits per heavy atom. The van der Waals surface area contributed by atoms with Gasteiger partial charge in [-0.25, -0.2) is 14.8 Å². The summed E-state index contributed by atoms with van der Waals surface area (Å²) in [7, 11) is 1.67. The summed E-state index contributed by atoms with van der Waals surface area (Å²) in [5.41, 5.74) is 3.07. The van der Waals surface area contributed by atoms with Crippen molar-refractivity contribution in [3.63, 3.8) is 0 Å². The zero-order valence-electron chi connectivity index (χ0n) is 17.0. The number of aliphatic imine (C=N–C) groups is 1. The molecule has 1 fully saturated rings. The van der Waals surface area contributed by atoms with Crippen LogP contribution < -0.4 is 5.32 Å². The number of aryl methyl sites for hydroxylation is 1. The lowest BCUT2D eigenvalue weighted by atomic mass is 10.1. The fourth-order valence-electron chi connectivity index (χ4n) is 3.98. The van der Waals surface area contributed by atoms with Gasteiger partial charge in [-0.15, -0.1) is 0 Å². The van der Waals surface area contributed by atoms with Crippen LogP contribution in [0.3, 0.4) is 0 Å². The van der Waals surface area contributed by atoms with Crippen molar-refractivity contribution in [1.29, 1.82) is 0 Å². The summed E-state index contributed by atoms with van der Waals surface area (Å²) < 4.78 is 0. The maximum absolute atomic E-state index is 12.7. The number of imide groups is 1. The summed E-state index contributed by atoms with van der Waals surface area (Å²) in [5.74, 6) is -0.309. The normalized spacial score (nSPS) is 20.7. The molecule has 2 aromatic carbocycles. The predicted octanol–water partition coefficient (Wildman–Crippen LogP) is 2.84. The lowest BCUT2D eigenvalue weighted by Gasteiger charge is -2.36. The molecule has 0 radical (unpaired) electrons. The molecular weight excluding hydrogens is 412 g/mol. The lowest BCUT2D eigenvalue weighted by molar-refractivity contribution is -0.127. The third-order valence-corrected chi connectivity index (χ3v) is 6.49. The number of amides is 3. The van der Waals surface area contributed by atoms with E-state index >= 15 is 0 Å². The van der Waals surface area contributed by atoms with Crippen molar-refractivity contribution in [3.8, 4) is 0 Å². The fourth-order valence-corrected chi connectivity index (χ4v) is 4.94. The van der Waals surface area contributed by atoms with E-state index < -0.39 is 18.2 Å². The second-order valence-electron chi connectivity index (χ2n) is 7.62. The monoisotopic (exact) mass is 434 g/mol. The topological polar surface area (TPSA) is 93.7 Å². The first-order valence-corrected chi connectivity index (χ1v) is 11.0. The minimum Gasteiger partial charge on any atom is -0.335 e. The maximum atomic E-state index is 12.7. The molecule has 3 heterocycles. The number of amidine groups is 1. The molecule has 1 aromatic heterocycles. The van der Waals surface area contributed by atoms with Crippen molar-refractivity contribution in [2.45, 2.75) is 30.2 Å². The first-order chi connectivity index (χ1) is 15.1. The Morgan fingerprint density at radius 1 is 1.06 bits per heavy atom. The van der Waals surface area contributed by atoms with E-state index in [-0.39, 0.29) is 5.91 Å². The molecule has 0 saturated carbocycles. The molecular formula is C22H22N6O2S. The minimum atomic E-state index is -0.537. The second-order valence-corrected chi connectivity index (χ2v) is 8.58. The number of hydrogen-bond acceptors (Lipinski definition) is 6. The highest BCUT2D eigenvalue weighted by molar-refractivity contribution is 8.13. The van der Waals surface area contributed by atoms with E-state index in [1.807, 2.05) is 47.4 Å². The van der Waals surface area contributed by atoms with E-state index in [2.05, 4.69) is 27.4 Å². The van der Waals surface area contributed by atoms with Gasteiger partial charge in [-0.3, -0.25) is 10.1 Å². The molecule has 2 aliphatic heterocycles. The molecule has 2 N–H and O–H groups in total. The van der Waals surface area contributed by atoms with Crippen molar-refractivity contribution in [1.82, 2.24) is 25.1 Å². The molecule has 2 aliphatic rings. The number of hydrogen-bond donors (Lipinski definition) is 2. The highest BCUT2D eigenvalue weighted by Gasteiger charge is 2.48. The van der Waals surface area contributed by atoms with Crippen molar-refractivity contribution in [2.24, 2.45) is 4.99 Å². The summed E-state index contributed by atoms with van der Waals surface area (Å²) in [6.45, 7) is 0.650. The van der Waals surface area contributed by atoms with Gasteiger partial charge in [0.2, 0.25) is 0 Å². The summed E-state index contributed by atoms with van der Waals surface area (Å²) >= 11 is 1.39. The smallest absolute Gasteiger partial charge is 0.325 e. The first-order valence-electron chi connectivity index (χ1n) is 10.2. The van der Waals surface area contributed by atoms with Crippen LogP contribution in [-0.4, -0.2) is 62.7 Å². The van der Waals surface area contributed by atoms with Gasteiger partial charge < -0.3 is 14.8 Å². The molecule has 9 heteroatoms. The van der Waals surface area contributed by atoms with E-state index in [1.54, 1.807) is 7.05 Å². The van der Waals surface area contributed by atoms with Crippen molar-refractivity contribution < 1.29 is 9.59 Å². The number of carbonyl (C=O) groups excluding carboxylic acids is 2. The molecule has 0 bridgehead atoms. The van der Waals surface area contributed by atoms with Crippen LogP contribution in [0, 0.1) is 0 Å². The number of fused-ring (bicyclic) bond motifs is 2. The molecule has 31 heavy (non-hydrogen) atoms. The van der Waals surface area contributed by atoms with Crippen LogP contribution in [0.4, 0.5) is 4.79 Å². The molecule has 0 aliphatic carbocycles. The van der Waals surface area contributed by atoms with E-state index in [0.717, 1.165) is 23.9 Å². The second kappa shape index (κ2) is 8.07. The van der Waals surface area contributed by atoms with Gasteiger partial charge in [0.1, 0.15) is 0 Å². The van der Waals surface area contributed by atoms with E-state index in [4.69, 9.17) is 4.99 Å². The minimum absolute atomic E-state index is 0.309. The van der Waals surface area contributed by atoms with Crippen molar-refractivity contribution in [2.75, 3.05) is 13.6 Å². The summed E-state index contributed by atoms with van der Waals surface area (Å²) in [6, 6.07) is 17.1. The number of rotatable bonds is 5. The van der Waals surface area contributed by atoms with Gasteiger partial charge >= 0.3 is 6.03 Å². The predicted molar refractivity (Wildman–Crippen MR) is 120 cm³/mol. The van der Waals surface area contributed by atoms with E-state index in [9.17, 15) is 9.59 Å². The van der Waals surface area contributed by atoms with Gasteiger partial charge in [0.05, 0.1) is 11.0 Å². The van der Waals surface area contributed by atoms with Crippen LogP contribution in [0.5, 0.6) is 0 Å². The Morgan fingerprint density at radius 3 is 2.65 bits per heavy atom. The lowest BCUT2D eigenvalue weighted by Crippen LogP contribution is -2.63. The summed E-state index contributed by atoms with van der Waals surface area (Å²) in [4.78, 5) is 41.0. The number of nitrogens with zero attached hydrogens (tertiary/aromatic N) is 4. The molecule has 2 unspecified atom stereocenters. The third-order valence-electron chi connectivity index (χ3n) is 5.59. The van der Waals surface area contributed by atoms with Crippen LogP contribution in [-0.2, 0) is 11.2 Å². The zero-order valence-corrected chi connectivity index (χ0v) is 17.8. The van der Waals surface area contributed by atoms with Gasteiger partial charge in [-0.1, -0.05) is 42.5 Å². The SMILES string of the molecule is CN1C(=O)NC(=O)C2C1N=C(Sc1nc3ccccc3[nH]1)N2CCCc1ccccc1. The standard InChI is InChI=1S/C22H22N6O2S/c1-27-18-17(19(29)26-21(27)30)28(13-7-10-14-8-3-2-4-9-14)22(25-18)31-20-23-15-11-5-6-12-16(15)24-20/h2-6,8-9,11-12,17-18H,7,10,13H2,1H3,(H,23,24)(H,26,29,30). The average Bonchev–Trinajstić information content (AvgIpc) is 3.34. The molecule has 2 atom stereocenters. The van der Waals surface area contributed by atoms with Crippen LogP contribution in [0.15, 0.2) is 64.7 Å². The van der Waals surface area contributed by atoms with Crippen LogP contribution >= 0.6 is 11.8 Å². The number of thioether (sulfide) groups is 1. The number of aromatic nitrogens is 2. The van der Waals surface area contributed by atoms with Gasteiger partial charge in [-0.05, 0) is 42.3 Å². The van der Waals surface area contributed by atoms with Crippen LogP contribution in [0.2, 0.25) is 0 Å². The first kappa shape index (κ1) is 19.6. The highest BCUT2D eigenvalue weighted by atomic mass is 32.2. The Labute approximate surface area is 183 Å². The Kier molecular flexibility index (Phi) is 5.11. The average molecular weight is 435 g/mol. The van der Waals surface area contributed by atoms with E-state index in [0.29, 0.717) is 16.9 Å². The molecule has 3 aromatic rings. The maximum Gasteiger partial charge on any atom is 0.325 e. The van der Waals surface area contributed by atoms with Gasteiger partial charge in [-0.2, -0.15) is 0 Å². The van der Waals surface area contributed by atoms with E-state index in [1.165, 1.54) is 22.2 Å². The molecule has 5 rings (SSSR count). The van der Waals surface area contributed by atoms with Crippen molar-refractivity contribution >= 4 is 39.9 Å². The zero-order chi connectivity index (χ0) is 21.4. The number of aromatic amines is 1. The highest BCUT2D eigenvalue weighted by Crippen LogP contribution is 2.32. The Hall–Kier alpha value is -3.33.